The van der Waals surface area contributed by atoms with E-state index in [9.17, 15) is 4.21 Å². The highest BCUT2D eigenvalue weighted by Crippen LogP contribution is 2.31. The van der Waals surface area contributed by atoms with Crippen molar-refractivity contribution in [3.63, 3.8) is 0 Å². The van der Waals surface area contributed by atoms with E-state index in [-0.39, 0.29) is 0 Å². The molecular formula is C21H22N6O2S2. The van der Waals surface area contributed by atoms with Crippen molar-refractivity contribution in [1.82, 2.24) is 19.6 Å². The fraction of sp³-hybridized carbons (Fsp3) is 0.286. The van der Waals surface area contributed by atoms with E-state index in [1.54, 1.807) is 17.5 Å². The third-order valence-corrected chi connectivity index (χ3v) is 6.70. The van der Waals surface area contributed by atoms with Crippen LogP contribution < -0.4 is 10.5 Å². The van der Waals surface area contributed by atoms with Crippen molar-refractivity contribution in [2.24, 2.45) is 11.1 Å². The number of hydrogen-bond acceptors (Lipinski definition) is 7. The van der Waals surface area contributed by atoms with Gasteiger partial charge in [0.25, 0.3) is 0 Å². The van der Waals surface area contributed by atoms with Gasteiger partial charge in [-0.1, -0.05) is 30.3 Å². The molecule has 1 aromatic carbocycles. The topological polar surface area (TPSA) is 107 Å². The van der Waals surface area contributed by atoms with Crippen LogP contribution in [0.3, 0.4) is 0 Å². The summed E-state index contributed by atoms with van der Waals surface area (Å²) in [6.45, 7) is 0.423. The van der Waals surface area contributed by atoms with Gasteiger partial charge in [0.1, 0.15) is 16.5 Å². The maximum atomic E-state index is 10.9. The van der Waals surface area contributed by atoms with Crippen LogP contribution in [0.5, 0.6) is 0 Å². The second-order valence-electron chi connectivity index (χ2n) is 7.60. The van der Waals surface area contributed by atoms with Crippen molar-refractivity contribution in [1.29, 1.82) is 0 Å². The largest absolute Gasteiger partial charge is 0.367 e. The van der Waals surface area contributed by atoms with Crippen molar-refractivity contribution in [3.05, 3.63) is 54.0 Å². The zero-order chi connectivity index (χ0) is 21.2. The van der Waals surface area contributed by atoms with Gasteiger partial charge >= 0.3 is 0 Å². The molecule has 0 amide bonds. The fourth-order valence-electron chi connectivity index (χ4n) is 3.97. The number of fused-ring (bicyclic) bond motifs is 1. The Morgan fingerprint density at radius 3 is 2.94 bits per heavy atom. The van der Waals surface area contributed by atoms with E-state index >= 15 is 0 Å². The van der Waals surface area contributed by atoms with E-state index in [1.165, 1.54) is 0 Å². The summed E-state index contributed by atoms with van der Waals surface area (Å²) in [6, 6.07) is 14.3. The molecule has 1 aliphatic carbocycles. The van der Waals surface area contributed by atoms with Crippen molar-refractivity contribution in [2.75, 3.05) is 11.9 Å². The van der Waals surface area contributed by atoms with Gasteiger partial charge < -0.3 is 5.32 Å². The predicted octanol–water partition coefficient (Wildman–Crippen LogP) is 3.65. The molecule has 0 bridgehead atoms. The minimum absolute atomic E-state index is 0.294. The van der Waals surface area contributed by atoms with Crippen molar-refractivity contribution in [3.8, 4) is 22.0 Å². The van der Waals surface area contributed by atoms with Gasteiger partial charge in [-0.2, -0.15) is 9.61 Å². The van der Waals surface area contributed by atoms with Gasteiger partial charge in [0.2, 0.25) is 11.3 Å². The van der Waals surface area contributed by atoms with Gasteiger partial charge in [0.05, 0.1) is 12.3 Å². The zero-order valence-electron chi connectivity index (χ0n) is 16.7. The van der Waals surface area contributed by atoms with Crippen molar-refractivity contribution < 1.29 is 8.39 Å². The lowest BCUT2D eigenvalue weighted by molar-refractivity contribution is 0.274. The number of aromatic nitrogens is 4. The van der Waals surface area contributed by atoms with Crippen LogP contribution in [0, 0.1) is 5.92 Å². The molecule has 3 heterocycles. The summed E-state index contributed by atoms with van der Waals surface area (Å²) in [7, 11) is 0. The SMILES string of the molecule is NS(=O)OCC1CCC(Nc2ccnc3cc(-c4nc(-c5ccccc5)cs4)nn23)C1. The molecule has 0 aliphatic heterocycles. The van der Waals surface area contributed by atoms with Crippen LogP contribution in [0.4, 0.5) is 5.82 Å². The molecule has 4 aromatic rings. The third-order valence-electron chi connectivity index (χ3n) is 5.46. The summed E-state index contributed by atoms with van der Waals surface area (Å²) in [6.07, 6.45) is 4.74. The van der Waals surface area contributed by atoms with Crippen LogP contribution in [0.25, 0.3) is 27.6 Å². The third kappa shape index (κ3) is 4.52. The Bertz CT molecular complexity index is 1210. The average Bonchev–Trinajstić information content (AvgIpc) is 3.52. The van der Waals surface area contributed by atoms with Crippen LogP contribution in [-0.4, -0.2) is 36.4 Å². The molecule has 1 saturated carbocycles. The van der Waals surface area contributed by atoms with Crippen LogP contribution in [0.15, 0.2) is 54.0 Å². The number of thiazole rings is 1. The first-order chi connectivity index (χ1) is 15.2. The summed E-state index contributed by atoms with van der Waals surface area (Å²) in [4.78, 5) is 9.23. The highest BCUT2D eigenvalue weighted by molar-refractivity contribution is 7.77. The van der Waals surface area contributed by atoms with Crippen LogP contribution >= 0.6 is 11.3 Å². The van der Waals surface area contributed by atoms with Crippen molar-refractivity contribution >= 4 is 34.1 Å². The molecule has 8 nitrogen and oxygen atoms in total. The quantitative estimate of drug-likeness (QED) is 0.441. The fourth-order valence-corrected chi connectivity index (χ4v) is 5.08. The van der Waals surface area contributed by atoms with Gasteiger partial charge in [-0.3, -0.25) is 4.18 Å². The number of hydrogen-bond donors (Lipinski definition) is 2. The Morgan fingerprint density at radius 2 is 2.10 bits per heavy atom. The number of rotatable bonds is 7. The van der Waals surface area contributed by atoms with E-state index in [4.69, 9.17) is 19.4 Å². The molecule has 3 unspecified atom stereocenters. The maximum Gasteiger partial charge on any atom is 0.231 e. The summed E-state index contributed by atoms with van der Waals surface area (Å²) in [5.74, 6) is 1.24. The Balaban J connectivity index is 1.34. The van der Waals surface area contributed by atoms with E-state index < -0.39 is 11.3 Å². The average molecular weight is 455 g/mol. The normalized spacial score (nSPS) is 19.6. The lowest BCUT2D eigenvalue weighted by atomic mass is 10.1. The number of benzene rings is 1. The molecule has 31 heavy (non-hydrogen) atoms. The highest BCUT2D eigenvalue weighted by Gasteiger charge is 2.26. The molecule has 3 aromatic heterocycles. The van der Waals surface area contributed by atoms with Gasteiger partial charge in [-0.15, -0.1) is 11.3 Å². The molecule has 0 spiro atoms. The Kier molecular flexibility index (Phi) is 5.77. The Labute approximate surface area is 186 Å². The van der Waals surface area contributed by atoms with Crippen LogP contribution in [0.1, 0.15) is 19.3 Å². The maximum absolute atomic E-state index is 10.9. The molecule has 3 N–H and O–H groups in total. The van der Waals surface area contributed by atoms with Crippen LogP contribution in [0.2, 0.25) is 0 Å². The minimum atomic E-state index is -1.70. The van der Waals surface area contributed by atoms with Crippen molar-refractivity contribution in [2.45, 2.75) is 25.3 Å². The van der Waals surface area contributed by atoms with Gasteiger partial charge in [0, 0.05) is 29.2 Å². The summed E-state index contributed by atoms with van der Waals surface area (Å²) in [5, 5.41) is 16.5. The molecule has 0 radical (unpaired) electrons. The predicted molar refractivity (Wildman–Crippen MR) is 123 cm³/mol. The molecule has 3 atom stereocenters. The number of nitrogens with two attached hydrogens (primary N) is 1. The first-order valence-electron chi connectivity index (χ1n) is 10.1. The van der Waals surface area contributed by atoms with Crippen LogP contribution in [-0.2, 0) is 15.4 Å². The standard InChI is InChI=1S/C21H22N6O2S2/c22-31(28)29-12-14-6-7-16(10-14)24-19-8-9-23-20-11-17(26-27(19)20)21-25-18(13-30-21)15-4-2-1-3-5-15/h1-5,8-9,11,13-14,16,24H,6-7,10,12,22H2. The number of anilines is 1. The smallest absolute Gasteiger partial charge is 0.231 e. The monoisotopic (exact) mass is 454 g/mol. The molecule has 0 saturated heterocycles. The second-order valence-corrected chi connectivity index (χ2v) is 9.21. The van der Waals surface area contributed by atoms with Gasteiger partial charge in [-0.05, 0) is 31.2 Å². The second kappa shape index (κ2) is 8.83. The molecule has 1 aliphatic rings. The lowest BCUT2D eigenvalue weighted by Crippen LogP contribution is -2.19. The highest BCUT2D eigenvalue weighted by atomic mass is 32.2. The van der Waals surface area contributed by atoms with E-state index in [1.807, 2.05) is 34.8 Å². The Morgan fingerprint density at radius 1 is 1.23 bits per heavy atom. The van der Waals surface area contributed by atoms with Gasteiger partial charge in [0.15, 0.2) is 5.65 Å². The molecule has 1 fully saturated rings. The van der Waals surface area contributed by atoms with E-state index in [0.29, 0.717) is 18.6 Å². The van der Waals surface area contributed by atoms with E-state index in [0.717, 1.165) is 52.7 Å². The molecular weight excluding hydrogens is 432 g/mol. The van der Waals surface area contributed by atoms with Gasteiger partial charge in [-0.25, -0.2) is 19.3 Å². The molecule has 5 rings (SSSR count). The first kappa shape index (κ1) is 20.3. The Hall–Kier alpha value is -2.66. The summed E-state index contributed by atoms with van der Waals surface area (Å²) in [5.41, 5.74) is 3.61. The summed E-state index contributed by atoms with van der Waals surface area (Å²) >= 11 is -0.128. The lowest BCUT2D eigenvalue weighted by Gasteiger charge is -2.15. The molecule has 160 valence electrons. The minimum Gasteiger partial charge on any atom is -0.367 e. The number of nitrogens with one attached hydrogen (secondary N) is 1. The molecule has 10 heteroatoms. The van der Waals surface area contributed by atoms with E-state index in [2.05, 4.69) is 27.8 Å². The zero-order valence-corrected chi connectivity index (χ0v) is 18.3. The number of nitrogens with zero attached hydrogens (tertiary/aromatic N) is 4. The first-order valence-corrected chi connectivity index (χ1v) is 12.1. The summed E-state index contributed by atoms with van der Waals surface area (Å²) < 4.78 is 17.8.